The van der Waals surface area contributed by atoms with Gasteiger partial charge in [0.2, 0.25) is 12.3 Å². The fourth-order valence-corrected chi connectivity index (χ4v) is 2.35. The molecule has 0 bridgehead atoms. The second-order valence-corrected chi connectivity index (χ2v) is 5.12. The van der Waals surface area contributed by atoms with E-state index in [4.69, 9.17) is 5.26 Å². The van der Waals surface area contributed by atoms with Gasteiger partial charge < -0.3 is 10.2 Å². The highest BCUT2D eigenvalue weighted by Crippen LogP contribution is 2.34. The van der Waals surface area contributed by atoms with Crippen molar-refractivity contribution in [3.05, 3.63) is 30.1 Å². The molecule has 1 heterocycles. The number of hydrogen-bond donors (Lipinski definition) is 1. The van der Waals surface area contributed by atoms with E-state index >= 15 is 0 Å². The van der Waals surface area contributed by atoms with Gasteiger partial charge in [0.1, 0.15) is 11.9 Å². The van der Waals surface area contributed by atoms with Crippen molar-refractivity contribution in [3.63, 3.8) is 0 Å². The van der Waals surface area contributed by atoms with Crippen LogP contribution < -0.4 is 5.32 Å². The average Bonchev–Trinajstić information content (AvgIpc) is 2.79. The van der Waals surface area contributed by atoms with E-state index < -0.39 is 23.2 Å². The number of likely N-dealkylation sites (tertiary alicyclic amines) is 1. The SMILES string of the molecule is CC1(C(=O)Nc2ccccc2F)CC(C#N)N(C=O)C1. The first-order valence-electron chi connectivity index (χ1n) is 6.17. The first-order valence-corrected chi connectivity index (χ1v) is 6.17. The molecule has 0 aliphatic carbocycles. The molecule has 2 unspecified atom stereocenters. The minimum Gasteiger partial charge on any atom is -0.328 e. The van der Waals surface area contributed by atoms with Gasteiger partial charge in [-0.1, -0.05) is 12.1 Å². The van der Waals surface area contributed by atoms with Crippen molar-refractivity contribution in [1.29, 1.82) is 5.26 Å². The van der Waals surface area contributed by atoms with Gasteiger partial charge in [-0.05, 0) is 25.5 Å². The summed E-state index contributed by atoms with van der Waals surface area (Å²) in [6.07, 6.45) is 0.804. The van der Waals surface area contributed by atoms with Crippen molar-refractivity contribution in [2.75, 3.05) is 11.9 Å². The maximum absolute atomic E-state index is 13.5. The smallest absolute Gasteiger partial charge is 0.232 e. The first-order chi connectivity index (χ1) is 9.50. The molecule has 0 saturated carbocycles. The number of para-hydroxylation sites is 1. The topological polar surface area (TPSA) is 73.2 Å². The van der Waals surface area contributed by atoms with Crippen LogP contribution >= 0.6 is 0 Å². The van der Waals surface area contributed by atoms with E-state index in [1.54, 1.807) is 13.0 Å². The number of halogens is 1. The Balaban J connectivity index is 2.16. The summed E-state index contributed by atoms with van der Waals surface area (Å²) in [5.74, 6) is -0.918. The van der Waals surface area contributed by atoms with Crippen LogP contribution in [0.15, 0.2) is 24.3 Å². The van der Waals surface area contributed by atoms with Crippen LogP contribution in [0.25, 0.3) is 0 Å². The maximum atomic E-state index is 13.5. The molecule has 5 nitrogen and oxygen atoms in total. The van der Waals surface area contributed by atoms with Crippen LogP contribution in [0.5, 0.6) is 0 Å². The zero-order valence-corrected chi connectivity index (χ0v) is 11.0. The molecule has 20 heavy (non-hydrogen) atoms. The highest BCUT2D eigenvalue weighted by atomic mass is 19.1. The number of carbonyl (C=O) groups excluding carboxylic acids is 2. The summed E-state index contributed by atoms with van der Waals surface area (Å²) < 4.78 is 13.5. The molecule has 2 rings (SSSR count). The quantitative estimate of drug-likeness (QED) is 0.850. The third kappa shape index (κ3) is 2.48. The summed E-state index contributed by atoms with van der Waals surface area (Å²) in [7, 11) is 0. The second kappa shape index (κ2) is 5.29. The Bertz CT molecular complexity index is 584. The number of benzene rings is 1. The molecule has 0 radical (unpaired) electrons. The lowest BCUT2D eigenvalue weighted by Gasteiger charge is -2.22. The summed E-state index contributed by atoms with van der Waals surface area (Å²) in [4.78, 5) is 24.5. The van der Waals surface area contributed by atoms with Crippen LogP contribution in [0.3, 0.4) is 0 Å². The van der Waals surface area contributed by atoms with Gasteiger partial charge in [-0.25, -0.2) is 4.39 Å². The van der Waals surface area contributed by atoms with E-state index in [-0.39, 0.29) is 18.7 Å². The molecule has 104 valence electrons. The molecule has 1 aromatic rings. The van der Waals surface area contributed by atoms with Gasteiger partial charge in [-0.2, -0.15) is 5.26 Å². The molecule has 1 saturated heterocycles. The Morgan fingerprint density at radius 2 is 2.30 bits per heavy atom. The van der Waals surface area contributed by atoms with Gasteiger partial charge in [0.05, 0.1) is 17.2 Å². The number of hydrogen-bond acceptors (Lipinski definition) is 3. The number of anilines is 1. The van der Waals surface area contributed by atoms with Crippen LogP contribution in [0.2, 0.25) is 0 Å². The standard InChI is InChI=1S/C14H14FN3O2/c1-14(6-10(7-16)18(8-14)9-19)13(20)17-12-5-3-2-4-11(12)15/h2-5,9-10H,6,8H2,1H3,(H,17,20). The predicted molar refractivity (Wildman–Crippen MR) is 69.9 cm³/mol. The van der Waals surface area contributed by atoms with E-state index in [9.17, 15) is 14.0 Å². The van der Waals surface area contributed by atoms with Gasteiger partial charge in [-0.15, -0.1) is 0 Å². The lowest BCUT2D eigenvalue weighted by Crippen LogP contribution is -2.36. The van der Waals surface area contributed by atoms with Crippen LogP contribution in [-0.2, 0) is 9.59 Å². The molecule has 1 N–H and O–H groups in total. The second-order valence-electron chi connectivity index (χ2n) is 5.12. The molecule has 0 spiro atoms. The molecule has 1 aromatic carbocycles. The molecule has 1 aliphatic rings. The van der Waals surface area contributed by atoms with Crippen molar-refractivity contribution in [2.45, 2.75) is 19.4 Å². The zero-order chi connectivity index (χ0) is 14.8. The highest BCUT2D eigenvalue weighted by molar-refractivity contribution is 5.96. The molecule has 2 amide bonds. The van der Waals surface area contributed by atoms with Gasteiger partial charge in [0, 0.05) is 6.54 Å². The van der Waals surface area contributed by atoms with Crippen LogP contribution in [-0.4, -0.2) is 29.8 Å². The monoisotopic (exact) mass is 275 g/mol. The normalized spacial score (nSPS) is 25.1. The summed E-state index contributed by atoms with van der Waals surface area (Å²) >= 11 is 0. The number of rotatable bonds is 3. The summed E-state index contributed by atoms with van der Waals surface area (Å²) in [6, 6.07) is 7.23. The Morgan fingerprint density at radius 1 is 1.60 bits per heavy atom. The summed E-state index contributed by atoms with van der Waals surface area (Å²) in [6.45, 7) is 1.81. The van der Waals surface area contributed by atoms with Gasteiger partial charge in [0.15, 0.2) is 0 Å². The van der Waals surface area contributed by atoms with Crippen molar-refractivity contribution in [3.8, 4) is 6.07 Å². The van der Waals surface area contributed by atoms with Crippen molar-refractivity contribution in [1.82, 2.24) is 4.90 Å². The number of nitriles is 1. The number of amides is 2. The number of nitrogens with zero attached hydrogens (tertiary/aromatic N) is 2. The van der Waals surface area contributed by atoms with E-state index in [0.29, 0.717) is 6.41 Å². The Morgan fingerprint density at radius 3 is 2.85 bits per heavy atom. The van der Waals surface area contributed by atoms with Gasteiger partial charge in [0.25, 0.3) is 0 Å². The summed E-state index contributed by atoms with van der Waals surface area (Å²) in [5, 5.41) is 11.5. The third-order valence-corrected chi connectivity index (χ3v) is 3.53. The number of carbonyl (C=O) groups is 2. The van der Waals surface area contributed by atoms with Crippen molar-refractivity contribution >= 4 is 18.0 Å². The molecule has 1 fully saturated rings. The lowest BCUT2D eigenvalue weighted by molar-refractivity contribution is -0.124. The van der Waals surface area contributed by atoms with Crippen molar-refractivity contribution in [2.24, 2.45) is 5.41 Å². The minimum atomic E-state index is -0.899. The Kier molecular flexibility index (Phi) is 3.70. The Labute approximate surface area is 116 Å². The molecule has 0 aromatic heterocycles. The van der Waals surface area contributed by atoms with Gasteiger partial charge in [-0.3, -0.25) is 9.59 Å². The average molecular weight is 275 g/mol. The van der Waals surface area contributed by atoms with Crippen LogP contribution in [0.1, 0.15) is 13.3 Å². The van der Waals surface area contributed by atoms with Crippen LogP contribution in [0.4, 0.5) is 10.1 Å². The van der Waals surface area contributed by atoms with Crippen LogP contribution in [0, 0.1) is 22.6 Å². The fourth-order valence-electron chi connectivity index (χ4n) is 2.35. The first kappa shape index (κ1) is 14.0. The lowest BCUT2D eigenvalue weighted by atomic mass is 9.87. The third-order valence-electron chi connectivity index (χ3n) is 3.53. The summed E-state index contributed by atoms with van der Waals surface area (Å²) in [5.41, 5.74) is -0.805. The molecular weight excluding hydrogens is 261 g/mol. The minimum absolute atomic E-state index is 0.0942. The molecular formula is C14H14FN3O2. The van der Waals surface area contributed by atoms with E-state index in [1.807, 2.05) is 6.07 Å². The Hall–Kier alpha value is -2.42. The largest absolute Gasteiger partial charge is 0.328 e. The van der Waals surface area contributed by atoms with E-state index in [0.717, 1.165) is 0 Å². The maximum Gasteiger partial charge on any atom is 0.232 e. The van der Waals surface area contributed by atoms with Gasteiger partial charge >= 0.3 is 0 Å². The van der Waals surface area contributed by atoms with E-state index in [2.05, 4.69) is 5.32 Å². The zero-order valence-electron chi connectivity index (χ0n) is 11.0. The van der Waals surface area contributed by atoms with E-state index in [1.165, 1.54) is 23.1 Å². The fraction of sp³-hybridized carbons (Fsp3) is 0.357. The highest BCUT2D eigenvalue weighted by Gasteiger charge is 2.45. The molecule has 6 heteroatoms. The molecule has 1 aliphatic heterocycles. The molecule has 2 atom stereocenters. The predicted octanol–water partition coefficient (Wildman–Crippen LogP) is 1.52. The number of nitrogens with one attached hydrogen (secondary N) is 1. The van der Waals surface area contributed by atoms with Crippen molar-refractivity contribution < 1.29 is 14.0 Å².